The molecule has 156 valence electrons. The standard InChI is InChI=1S/C24H33BrN4/c1-5-8-14-29(15-9-6-2)21-13-12-20(22-23(21)28(4)24(26)27-22)19-11-10-18(25)16-17(19)7-3/h10-13,16H,5-9,14-15H2,1-4H3,(H2,26,27). The van der Waals surface area contributed by atoms with Gasteiger partial charge in [-0.3, -0.25) is 0 Å². The molecule has 4 nitrogen and oxygen atoms in total. The summed E-state index contributed by atoms with van der Waals surface area (Å²) in [6.07, 6.45) is 5.73. The Hall–Kier alpha value is -2.01. The zero-order valence-electron chi connectivity index (χ0n) is 18.1. The number of nitrogens with zero attached hydrogens (tertiary/aromatic N) is 3. The molecule has 2 aromatic carbocycles. The Labute approximate surface area is 183 Å². The summed E-state index contributed by atoms with van der Waals surface area (Å²) in [6, 6.07) is 11.0. The predicted molar refractivity (Wildman–Crippen MR) is 130 cm³/mol. The quantitative estimate of drug-likeness (QED) is 0.396. The molecular formula is C24H33BrN4. The van der Waals surface area contributed by atoms with Gasteiger partial charge in [-0.1, -0.05) is 55.6 Å². The van der Waals surface area contributed by atoms with Crippen molar-refractivity contribution in [2.45, 2.75) is 52.9 Å². The molecule has 0 radical (unpaired) electrons. The van der Waals surface area contributed by atoms with Crippen molar-refractivity contribution in [2.24, 2.45) is 7.05 Å². The molecule has 29 heavy (non-hydrogen) atoms. The van der Waals surface area contributed by atoms with Crippen LogP contribution < -0.4 is 10.6 Å². The Kier molecular flexibility index (Phi) is 7.23. The summed E-state index contributed by atoms with van der Waals surface area (Å²) in [5.41, 5.74) is 13.4. The van der Waals surface area contributed by atoms with Crippen LogP contribution in [0.3, 0.4) is 0 Å². The first kappa shape index (κ1) is 21.7. The lowest BCUT2D eigenvalue weighted by Crippen LogP contribution is -2.26. The van der Waals surface area contributed by atoms with Gasteiger partial charge in [0, 0.05) is 30.2 Å². The minimum absolute atomic E-state index is 0.565. The fourth-order valence-corrected chi connectivity index (χ4v) is 4.37. The number of aromatic nitrogens is 2. The topological polar surface area (TPSA) is 47.1 Å². The number of hydrogen-bond donors (Lipinski definition) is 1. The Morgan fingerprint density at radius 2 is 1.66 bits per heavy atom. The molecule has 0 aliphatic heterocycles. The summed E-state index contributed by atoms with van der Waals surface area (Å²) in [5.74, 6) is 0.565. The van der Waals surface area contributed by atoms with Crippen molar-refractivity contribution in [3.05, 3.63) is 40.4 Å². The third kappa shape index (κ3) is 4.45. The van der Waals surface area contributed by atoms with Crippen molar-refractivity contribution in [3.63, 3.8) is 0 Å². The van der Waals surface area contributed by atoms with E-state index in [-0.39, 0.29) is 0 Å². The molecule has 3 aromatic rings. The Morgan fingerprint density at radius 3 is 2.28 bits per heavy atom. The van der Waals surface area contributed by atoms with Gasteiger partial charge in [-0.25, -0.2) is 4.98 Å². The van der Waals surface area contributed by atoms with Gasteiger partial charge >= 0.3 is 0 Å². The molecule has 0 saturated carbocycles. The van der Waals surface area contributed by atoms with E-state index in [0.29, 0.717) is 5.95 Å². The van der Waals surface area contributed by atoms with Crippen LogP contribution in [0.2, 0.25) is 0 Å². The molecule has 1 aromatic heterocycles. The summed E-state index contributed by atoms with van der Waals surface area (Å²) < 4.78 is 3.15. The highest BCUT2D eigenvalue weighted by Crippen LogP contribution is 2.38. The molecule has 0 aliphatic carbocycles. The summed E-state index contributed by atoms with van der Waals surface area (Å²) in [4.78, 5) is 7.31. The maximum Gasteiger partial charge on any atom is 0.201 e. The largest absolute Gasteiger partial charge is 0.370 e. The third-order valence-electron chi connectivity index (χ3n) is 5.68. The number of halogens is 1. The molecule has 0 spiro atoms. The molecule has 0 fully saturated rings. The highest BCUT2D eigenvalue weighted by atomic mass is 79.9. The van der Waals surface area contributed by atoms with Crippen molar-refractivity contribution in [1.29, 1.82) is 0 Å². The van der Waals surface area contributed by atoms with Gasteiger partial charge in [-0.15, -0.1) is 0 Å². The minimum Gasteiger partial charge on any atom is -0.370 e. The van der Waals surface area contributed by atoms with Crippen LogP contribution in [0.25, 0.3) is 22.2 Å². The number of unbranched alkanes of at least 4 members (excludes halogenated alkanes) is 2. The van der Waals surface area contributed by atoms with Gasteiger partial charge < -0.3 is 15.2 Å². The second-order valence-corrected chi connectivity index (χ2v) is 8.62. The van der Waals surface area contributed by atoms with Crippen molar-refractivity contribution < 1.29 is 0 Å². The van der Waals surface area contributed by atoms with Gasteiger partial charge in [0.2, 0.25) is 5.95 Å². The van der Waals surface area contributed by atoms with Crippen molar-refractivity contribution in [2.75, 3.05) is 23.7 Å². The van der Waals surface area contributed by atoms with Gasteiger partial charge in [-0.05, 0) is 54.7 Å². The maximum atomic E-state index is 6.29. The molecule has 0 saturated heterocycles. The van der Waals surface area contributed by atoms with E-state index in [2.05, 4.69) is 71.9 Å². The summed E-state index contributed by atoms with van der Waals surface area (Å²) in [7, 11) is 2.03. The lowest BCUT2D eigenvalue weighted by Gasteiger charge is -2.26. The van der Waals surface area contributed by atoms with E-state index < -0.39 is 0 Å². The van der Waals surface area contributed by atoms with Crippen LogP contribution in [0.4, 0.5) is 11.6 Å². The zero-order valence-corrected chi connectivity index (χ0v) is 19.7. The van der Waals surface area contributed by atoms with E-state index in [1.807, 2.05) is 11.6 Å². The Balaban J connectivity index is 2.20. The lowest BCUT2D eigenvalue weighted by atomic mass is 9.96. The first-order valence-corrected chi connectivity index (χ1v) is 11.6. The number of rotatable bonds is 9. The van der Waals surface area contributed by atoms with E-state index in [0.717, 1.165) is 40.6 Å². The number of nitrogens with two attached hydrogens (primary N) is 1. The fraction of sp³-hybridized carbons (Fsp3) is 0.458. The molecular weight excluding hydrogens is 424 g/mol. The van der Waals surface area contributed by atoms with Crippen molar-refractivity contribution >= 4 is 38.6 Å². The number of imidazole rings is 1. The second-order valence-electron chi connectivity index (χ2n) is 7.71. The van der Waals surface area contributed by atoms with E-state index in [1.54, 1.807) is 0 Å². The number of anilines is 2. The monoisotopic (exact) mass is 456 g/mol. The van der Waals surface area contributed by atoms with E-state index in [1.165, 1.54) is 42.5 Å². The highest BCUT2D eigenvalue weighted by molar-refractivity contribution is 9.10. The average Bonchev–Trinajstić information content (AvgIpc) is 3.02. The van der Waals surface area contributed by atoms with Crippen LogP contribution in [0.5, 0.6) is 0 Å². The molecule has 0 amide bonds. The first-order valence-electron chi connectivity index (χ1n) is 10.8. The van der Waals surface area contributed by atoms with E-state index in [4.69, 9.17) is 10.7 Å². The molecule has 2 N–H and O–H groups in total. The fourth-order valence-electron chi connectivity index (χ4n) is 3.96. The Bertz CT molecular complexity index is 969. The number of nitrogen functional groups attached to an aromatic ring is 1. The van der Waals surface area contributed by atoms with Gasteiger partial charge in [0.1, 0.15) is 5.52 Å². The van der Waals surface area contributed by atoms with Gasteiger partial charge in [0.25, 0.3) is 0 Å². The summed E-state index contributed by atoms with van der Waals surface area (Å²) in [5, 5.41) is 0. The number of aryl methyl sites for hydroxylation is 2. The molecule has 5 heteroatoms. The molecule has 0 bridgehead atoms. The van der Waals surface area contributed by atoms with E-state index >= 15 is 0 Å². The normalized spacial score (nSPS) is 11.3. The van der Waals surface area contributed by atoms with Crippen molar-refractivity contribution in [3.8, 4) is 11.1 Å². The zero-order chi connectivity index (χ0) is 21.0. The number of fused-ring (bicyclic) bond motifs is 1. The van der Waals surface area contributed by atoms with Crippen LogP contribution in [0.1, 0.15) is 52.0 Å². The lowest BCUT2D eigenvalue weighted by molar-refractivity contribution is 0.678. The first-order chi connectivity index (χ1) is 14.0. The van der Waals surface area contributed by atoms with Gasteiger partial charge in [-0.2, -0.15) is 0 Å². The molecule has 3 rings (SSSR count). The molecule has 1 heterocycles. The van der Waals surface area contributed by atoms with Crippen LogP contribution in [0, 0.1) is 0 Å². The third-order valence-corrected chi connectivity index (χ3v) is 6.17. The second kappa shape index (κ2) is 9.66. The predicted octanol–water partition coefficient (Wildman–Crippen LogP) is 6.55. The number of hydrogen-bond acceptors (Lipinski definition) is 3. The minimum atomic E-state index is 0.565. The number of benzene rings is 2. The molecule has 0 atom stereocenters. The highest BCUT2D eigenvalue weighted by Gasteiger charge is 2.19. The smallest absolute Gasteiger partial charge is 0.201 e. The molecule has 0 aliphatic rings. The van der Waals surface area contributed by atoms with Crippen LogP contribution in [-0.2, 0) is 13.5 Å². The molecule has 0 unspecified atom stereocenters. The van der Waals surface area contributed by atoms with Gasteiger partial charge in [0.15, 0.2) is 0 Å². The SMILES string of the molecule is CCCCN(CCCC)c1ccc(-c2ccc(Br)cc2CC)c2nc(N)n(C)c12. The Morgan fingerprint density at radius 1 is 1.00 bits per heavy atom. The summed E-state index contributed by atoms with van der Waals surface area (Å²) in [6.45, 7) is 8.82. The van der Waals surface area contributed by atoms with Crippen molar-refractivity contribution in [1.82, 2.24) is 9.55 Å². The van der Waals surface area contributed by atoms with E-state index in [9.17, 15) is 0 Å². The van der Waals surface area contributed by atoms with Gasteiger partial charge in [0.05, 0.1) is 11.2 Å². The van der Waals surface area contributed by atoms with Crippen LogP contribution in [0.15, 0.2) is 34.8 Å². The summed E-state index contributed by atoms with van der Waals surface area (Å²) >= 11 is 3.61. The van der Waals surface area contributed by atoms with Crippen LogP contribution >= 0.6 is 15.9 Å². The van der Waals surface area contributed by atoms with Crippen LogP contribution in [-0.4, -0.2) is 22.6 Å². The average molecular weight is 457 g/mol. The maximum absolute atomic E-state index is 6.29.